The van der Waals surface area contributed by atoms with Gasteiger partial charge in [0.15, 0.2) is 10.3 Å². The fraction of sp³-hybridized carbons (Fsp3) is 0.286. The highest BCUT2D eigenvalue weighted by Crippen LogP contribution is 2.38. The number of hydrogen-bond acceptors (Lipinski definition) is 14. The van der Waals surface area contributed by atoms with Crippen molar-refractivity contribution in [3.05, 3.63) is 105 Å². The summed E-state index contributed by atoms with van der Waals surface area (Å²) in [5, 5.41) is 5.06. The van der Waals surface area contributed by atoms with Gasteiger partial charge in [-0.25, -0.2) is 35.6 Å². The molecule has 2 aliphatic heterocycles. The largest absolute Gasteiger partial charge is 0.497 e. The summed E-state index contributed by atoms with van der Waals surface area (Å²) in [4.78, 5) is 13.5. The van der Waals surface area contributed by atoms with Gasteiger partial charge in [-0.2, -0.15) is 8.61 Å². The van der Waals surface area contributed by atoms with Gasteiger partial charge in [-0.05, 0) is 66.7 Å². The molecule has 0 bridgehead atoms. The van der Waals surface area contributed by atoms with Crippen molar-refractivity contribution in [2.45, 2.75) is 9.79 Å². The van der Waals surface area contributed by atoms with Crippen LogP contribution in [-0.2, 0) is 20.0 Å². The predicted molar refractivity (Wildman–Crippen MR) is 246 cm³/mol. The van der Waals surface area contributed by atoms with E-state index < -0.39 is 31.7 Å². The van der Waals surface area contributed by atoms with E-state index >= 15 is 0 Å². The van der Waals surface area contributed by atoms with Gasteiger partial charge in [-0.15, -0.1) is 22.7 Å². The van der Waals surface area contributed by atoms with Crippen LogP contribution in [0.1, 0.15) is 0 Å². The maximum Gasteiger partial charge on any atom is 0.243 e. The second kappa shape index (κ2) is 20.2. The quantitative estimate of drug-likeness (QED) is 0.116. The Bertz CT molecular complexity index is 2840. The number of hydrogen-bond donors (Lipinski definition) is 0. The molecule has 14 nitrogen and oxygen atoms in total. The Morgan fingerprint density at radius 1 is 0.531 bits per heavy atom. The lowest BCUT2D eigenvalue weighted by atomic mass is 10.1. The fourth-order valence-corrected chi connectivity index (χ4v) is 12.1. The van der Waals surface area contributed by atoms with E-state index in [4.69, 9.17) is 52.1 Å². The van der Waals surface area contributed by atoms with Crippen LogP contribution in [0.25, 0.3) is 22.5 Å². The Hall–Kier alpha value is -4.80. The molecular weight excluding hydrogens is 954 g/mol. The van der Waals surface area contributed by atoms with E-state index in [0.717, 1.165) is 57.0 Å². The minimum atomic E-state index is -3.75. The summed E-state index contributed by atoms with van der Waals surface area (Å²) in [5.74, 6) is 1.45. The molecular formula is C42H42Cl2F2N6O8S4. The highest BCUT2D eigenvalue weighted by atomic mass is 35.5. The second-order valence-corrected chi connectivity index (χ2v) is 20.5. The molecule has 0 amide bonds. The van der Waals surface area contributed by atoms with E-state index in [-0.39, 0.29) is 46.0 Å². The number of ether oxygens (including phenoxy) is 4. The van der Waals surface area contributed by atoms with Gasteiger partial charge >= 0.3 is 0 Å². The van der Waals surface area contributed by atoms with Crippen molar-refractivity contribution in [1.82, 2.24) is 18.6 Å². The number of anilines is 2. The van der Waals surface area contributed by atoms with Crippen molar-refractivity contribution < 1.29 is 44.6 Å². The van der Waals surface area contributed by atoms with Crippen LogP contribution >= 0.6 is 45.9 Å². The molecule has 340 valence electrons. The normalized spacial score (nSPS) is 15.1. The number of halogens is 4. The number of benzene rings is 4. The van der Waals surface area contributed by atoms with Crippen LogP contribution in [0.15, 0.2) is 93.3 Å². The van der Waals surface area contributed by atoms with Gasteiger partial charge in [0.05, 0.1) is 59.7 Å². The number of piperazine rings is 2. The third-order valence-corrected chi connectivity index (χ3v) is 16.6. The van der Waals surface area contributed by atoms with E-state index in [1.54, 1.807) is 34.5 Å². The van der Waals surface area contributed by atoms with E-state index in [2.05, 4.69) is 0 Å². The predicted octanol–water partition coefficient (Wildman–Crippen LogP) is 8.26. The molecule has 2 aromatic heterocycles. The molecule has 0 spiro atoms. The number of rotatable bonds is 12. The zero-order valence-electron chi connectivity index (χ0n) is 34.8. The summed E-state index contributed by atoms with van der Waals surface area (Å²) in [7, 11) is -1.10. The van der Waals surface area contributed by atoms with Gasteiger partial charge < -0.3 is 28.7 Å². The molecule has 0 saturated carbocycles. The topological polar surface area (TPSA) is 144 Å². The van der Waals surface area contributed by atoms with Crippen molar-refractivity contribution in [1.29, 1.82) is 0 Å². The molecule has 4 heterocycles. The van der Waals surface area contributed by atoms with E-state index in [1.807, 2.05) is 50.9 Å². The van der Waals surface area contributed by atoms with Gasteiger partial charge in [-0.3, -0.25) is 0 Å². The third kappa shape index (κ3) is 10.2. The molecule has 2 saturated heterocycles. The molecule has 2 fully saturated rings. The van der Waals surface area contributed by atoms with Crippen molar-refractivity contribution in [2.75, 3.05) is 90.6 Å². The summed E-state index contributed by atoms with van der Waals surface area (Å²) in [5.41, 5.74) is 3.21. The van der Waals surface area contributed by atoms with Gasteiger partial charge in [0.1, 0.15) is 34.6 Å². The minimum Gasteiger partial charge on any atom is -0.497 e. The van der Waals surface area contributed by atoms with E-state index in [9.17, 15) is 25.6 Å². The molecule has 8 rings (SSSR count). The van der Waals surface area contributed by atoms with Crippen LogP contribution in [0.4, 0.5) is 19.0 Å². The summed E-state index contributed by atoms with van der Waals surface area (Å²) in [6.07, 6.45) is 0. The standard InChI is InChI=1S/2C21H21ClFN3O4S2/c1-29-14-3-6-20(30-2)16(11-14)19-13-31-21(24-19)25-7-9-26(10-8-25)32(27,28)15-4-5-18(23)17(22)12-15;1-29-14-3-5-16(20(11-14)30-2)19-13-31-21(24-19)25-7-9-26(10-8-25)32(27,28)15-4-6-18(23)17(22)12-15/h2*3-6,11-13H,7-10H2,1-2H3. The van der Waals surface area contributed by atoms with Crippen LogP contribution in [-0.4, -0.2) is 116 Å². The van der Waals surface area contributed by atoms with Crippen molar-refractivity contribution in [2.24, 2.45) is 0 Å². The minimum absolute atomic E-state index is 0.0134. The molecule has 0 N–H and O–H groups in total. The fourth-order valence-electron chi connectivity index (χ4n) is 6.90. The average Bonchev–Trinajstić information content (AvgIpc) is 4.02. The third-order valence-electron chi connectivity index (χ3n) is 10.4. The number of thiazole rings is 2. The maximum atomic E-state index is 13.4. The van der Waals surface area contributed by atoms with Crippen molar-refractivity contribution in [3.8, 4) is 45.5 Å². The number of aromatic nitrogens is 2. The molecule has 2 aliphatic rings. The summed E-state index contributed by atoms with van der Waals surface area (Å²) >= 11 is 14.5. The number of methoxy groups -OCH3 is 4. The summed E-state index contributed by atoms with van der Waals surface area (Å²) < 4.78 is 103. The van der Waals surface area contributed by atoms with E-state index in [1.165, 1.54) is 43.4 Å². The SMILES string of the molecule is COc1ccc(-c2csc(N3CCN(S(=O)(=O)c4ccc(F)c(Cl)c4)CC3)n2)c(OC)c1.COc1ccc(OC)c(-c2csc(N3CCN(S(=O)(=O)c4ccc(F)c(Cl)c4)CC3)n2)c1. The zero-order chi connectivity index (χ0) is 45.8. The lowest BCUT2D eigenvalue weighted by Gasteiger charge is -2.33. The van der Waals surface area contributed by atoms with Gasteiger partial charge in [0.2, 0.25) is 20.0 Å². The van der Waals surface area contributed by atoms with Crippen molar-refractivity contribution in [3.63, 3.8) is 0 Å². The molecule has 0 atom stereocenters. The molecule has 0 radical (unpaired) electrons. The monoisotopic (exact) mass is 994 g/mol. The lowest BCUT2D eigenvalue weighted by molar-refractivity contribution is 0.384. The first-order valence-corrected chi connectivity index (χ1v) is 24.8. The van der Waals surface area contributed by atoms with Crippen molar-refractivity contribution >= 4 is 76.2 Å². The molecule has 0 unspecified atom stereocenters. The van der Waals surface area contributed by atoms with Crippen LogP contribution in [0.2, 0.25) is 10.0 Å². The molecule has 64 heavy (non-hydrogen) atoms. The second-order valence-electron chi connectivity index (χ2n) is 14.1. The molecule has 4 aromatic carbocycles. The maximum absolute atomic E-state index is 13.4. The van der Waals surface area contributed by atoms with Gasteiger partial charge in [0, 0.05) is 80.3 Å². The average molecular weight is 996 g/mol. The summed E-state index contributed by atoms with van der Waals surface area (Å²) in [6, 6.07) is 18.0. The Kier molecular flexibility index (Phi) is 14.9. The molecule has 22 heteroatoms. The van der Waals surface area contributed by atoms with Gasteiger partial charge in [-0.1, -0.05) is 23.2 Å². The number of nitrogens with zero attached hydrogens (tertiary/aromatic N) is 6. The Balaban J connectivity index is 0.000000191. The Labute approximate surface area is 388 Å². The number of sulfonamides is 2. The molecule has 0 aliphatic carbocycles. The highest BCUT2D eigenvalue weighted by Gasteiger charge is 2.32. The highest BCUT2D eigenvalue weighted by molar-refractivity contribution is 7.89. The summed E-state index contributed by atoms with van der Waals surface area (Å²) in [6.45, 7) is 3.09. The van der Waals surface area contributed by atoms with Crippen LogP contribution < -0.4 is 28.7 Å². The van der Waals surface area contributed by atoms with Crippen LogP contribution in [0.3, 0.4) is 0 Å². The first-order chi connectivity index (χ1) is 30.7. The van der Waals surface area contributed by atoms with Crippen LogP contribution in [0, 0.1) is 11.6 Å². The zero-order valence-corrected chi connectivity index (χ0v) is 39.6. The van der Waals surface area contributed by atoms with Crippen LogP contribution in [0.5, 0.6) is 23.0 Å². The first kappa shape index (κ1) is 47.2. The molecule has 6 aromatic rings. The first-order valence-electron chi connectivity index (χ1n) is 19.4. The smallest absolute Gasteiger partial charge is 0.243 e. The Morgan fingerprint density at radius 3 is 1.41 bits per heavy atom. The Morgan fingerprint density at radius 2 is 0.969 bits per heavy atom. The van der Waals surface area contributed by atoms with Gasteiger partial charge in [0.25, 0.3) is 0 Å². The lowest BCUT2D eigenvalue weighted by Crippen LogP contribution is -2.48. The van der Waals surface area contributed by atoms with E-state index in [0.29, 0.717) is 49.2 Å².